The van der Waals surface area contributed by atoms with Gasteiger partial charge in [0.1, 0.15) is 6.17 Å². The maximum absolute atomic E-state index is 5.42. The second kappa shape index (κ2) is 5.81. The number of ether oxygens (including phenoxy) is 1. The summed E-state index contributed by atoms with van der Waals surface area (Å²) in [4.78, 5) is 11.6. The highest BCUT2D eigenvalue weighted by Crippen LogP contribution is 2.25. The largest absolute Gasteiger partial charge is 0.378 e. The molecule has 0 bridgehead atoms. The van der Waals surface area contributed by atoms with Crippen LogP contribution in [0, 0.1) is 0 Å². The van der Waals surface area contributed by atoms with Crippen LogP contribution in [0.25, 0.3) is 0 Å². The summed E-state index contributed by atoms with van der Waals surface area (Å²) in [5.41, 5.74) is 1.28. The van der Waals surface area contributed by atoms with Gasteiger partial charge >= 0.3 is 0 Å². The lowest BCUT2D eigenvalue weighted by Crippen LogP contribution is -2.46. The Morgan fingerprint density at radius 1 is 1.18 bits per heavy atom. The van der Waals surface area contributed by atoms with E-state index in [9.17, 15) is 0 Å². The van der Waals surface area contributed by atoms with E-state index in [1.165, 1.54) is 5.56 Å². The average molecular weight is 297 g/mol. The third-order valence-electron chi connectivity index (χ3n) is 4.06. The molecular weight excluding hydrogens is 278 g/mol. The lowest BCUT2D eigenvalue weighted by molar-refractivity contribution is 0.0675. The Kier molecular flexibility index (Phi) is 3.52. The molecule has 2 aromatic rings. The number of nitrogens with zero attached hydrogens (tertiary/aromatic N) is 4. The molecule has 3 heterocycles. The molecule has 1 saturated heterocycles. The fourth-order valence-electron chi connectivity index (χ4n) is 2.89. The first-order valence-corrected chi connectivity index (χ1v) is 7.64. The number of imidazole rings is 1. The van der Waals surface area contributed by atoms with Crippen molar-refractivity contribution in [2.45, 2.75) is 12.6 Å². The number of hydrogen-bond donors (Lipinski definition) is 1. The van der Waals surface area contributed by atoms with Crippen molar-refractivity contribution in [3.8, 4) is 0 Å². The number of fused-ring (bicyclic) bond motifs is 1. The minimum absolute atomic E-state index is 0.0407. The molecule has 0 aliphatic carbocycles. The van der Waals surface area contributed by atoms with Gasteiger partial charge in [-0.2, -0.15) is 0 Å². The molecule has 4 rings (SSSR count). The number of morpholine rings is 1. The number of guanidine groups is 1. The number of nitrogens with one attached hydrogen (secondary N) is 1. The molecule has 1 atom stereocenters. The van der Waals surface area contributed by atoms with Crippen LogP contribution in [0.1, 0.15) is 11.7 Å². The van der Waals surface area contributed by atoms with Gasteiger partial charge in [0.15, 0.2) is 0 Å². The molecule has 0 saturated carbocycles. The molecule has 1 unspecified atom stereocenters. The molecular formula is C16H19N5O. The van der Waals surface area contributed by atoms with E-state index in [1.807, 2.05) is 18.5 Å². The molecule has 1 aromatic carbocycles. The van der Waals surface area contributed by atoms with Crippen molar-refractivity contribution < 1.29 is 4.74 Å². The zero-order valence-electron chi connectivity index (χ0n) is 12.4. The van der Waals surface area contributed by atoms with Crippen molar-refractivity contribution in [3.05, 3.63) is 48.3 Å². The quantitative estimate of drug-likeness (QED) is 0.917. The third-order valence-corrected chi connectivity index (χ3v) is 4.06. The number of anilines is 1. The summed E-state index contributed by atoms with van der Waals surface area (Å²) < 4.78 is 7.52. The molecule has 0 amide bonds. The number of aliphatic imine (C=N–C) groups is 1. The summed E-state index contributed by atoms with van der Waals surface area (Å²) in [6, 6.07) is 10.5. The molecule has 114 valence electrons. The molecule has 0 radical (unpaired) electrons. The van der Waals surface area contributed by atoms with E-state index in [0.717, 1.165) is 44.6 Å². The van der Waals surface area contributed by atoms with Gasteiger partial charge in [0.2, 0.25) is 11.9 Å². The highest BCUT2D eigenvalue weighted by Gasteiger charge is 2.25. The Morgan fingerprint density at radius 2 is 2.00 bits per heavy atom. The van der Waals surface area contributed by atoms with E-state index in [4.69, 9.17) is 9.73 Å². The fraction of sp³-hybridized carbons (Fsp3) is 0.375. The molecule has 6 nitrogen and oxygen atoms in total. The minimum Gasteiger partial charge on any atom is -0.378 e. The minimum atomic E-state index is 0.0407. The van der Waals surface area contributed by atoms with Crippen LogP contribution >= 0.6 is 0 Å². The molecule has 1 N–H and O–H groups in total. The van der Waals surface area contributed by atoms with Gasteiger partial charge in [-0.05, 0) is 5.56 Å². The molecule has 22 heavy (non-hydrogen) atoms. The first kappa shape index (κ1) is 13.3. The Bertz CT molecular complexity index is 660. The fourth-order valence-corrected chi connectivity index (χ4v) is 2.89. The molecule has 6 heteroatoms. The van der Waals surface area contributed by atoms with E-state index in [0.29, 0.717) is 0 Å². The topological polar surface area (TPSA) is 54.7 Å². The van der Waals surface area contributed by atoms with E-state index < -0.39 is 0 Å². The highest BCUT2D eigenvalue weighted by molar-refractivity contribution is 5.93. The summed E-state index contributed by atoms with van der Waals surface area (Å²) in [5, 5.41) is 3.33. The number of aromatic nitrogens is 2. The Balaban J connectivity index is 1.61. The van der Waals surface area contributed by atoms with Crippen LogP contribution in [0.15, 0.2) is 47.7 Å². The summed E-state index contributed by atoms with van der Waals surface area (Å²) >= 11 is 0. The van der Waals surface area contributed by atoms with Crippen LogP contribution in [0.5, 0.6) is 0 Å². The zero-order valence-corrected chi connectivity index (χ0v) is 12.4. The summed E-state index contributed by atoms with van der Waals surface area (Å²) in [5.74, 6) is 1.76. The van der Waals surface area contributed by atoms with Crippen molar-refractivity contribution in [3.63, 3.8) is 0 Å². The van der Waals surface area contributed by atoms with E-state index in [-0.39, 0.29) is 6.17 Å². The number of rotatable bonds is 2. The third kappa shape index (κ3) is 2.57. The Labute approximate surface area is 129 Å². The van der Waals surface area contributed by atoms with Gasteiger partial charge < -0.3 is 9.64 Å². The van der Waals surface area contributed by atoms with Crippen LogP contribution in [-0.4, -0.2) is 46.7 Å². The summed E-state index contributed by atoms with van der Waals surface area (Å²) in [6.07, 6.45) is 4.70. The molecule has 1 aromatic heterocycles. The molecule has 2 aliphatic rings. The second-order valence-electron chi connectivity index (χ2n) is 5.51. The standard InChI is InChI=1S/C16H19N5O/c1-2-4-13(5-3-1)12-14-18-16(20-8-10-22-11-9-20)19-15-17-6-7-21(14)15/h1-7,14H,8-12H2,(H,17,18,19). The maximum atomic E-state index is 5.42. The van der Waals surface area contributed by atoms with Gasteiger partial charge in [0.05, 0.1) is 13.2 Å². The lowest BCUT2D eigenvalue weighted by Gasteiger charge is -2.33. The lowest BCUT2D eigenvalue weighted by atomic mass is 10.1. The highest BCUT2D eigenvalue weighted by atomic mass is 16.5. The van der Waals surface area contributed by atoms with E-state index in [2.05, 4.69) is 44.0 Å². The number of benzene rings is 1. The Morgan fingerprint density at radius 3 is 2.82 bits per heavy atom. The summed E-state index contributed by atoms with van der Waals surface area (Å²) in [7, 11) is 0. The zero-order chi connectivity index (χ0) is 14.8. The van der Waals surface area contributed by atoms with Crippen molar-refractivity contribution in [1.29, 1.82) is 0 Å². The maximum Gasteiger partial charge on any atom is 0.211 e. The molecule has 0 spiro atoms. The van der Waals surface area contributed by atoms with Crippen molar-refractivity contribution in [2.75, 3.05) is 31.6 Å². The predicted molar refractivity (Wildman–Crippen MR) is 84.9 cm³/mol. The average Bonchev–Trinajstić information content (AvgIpc) is 3.05. The first-order valence-electron chi connectivity index (χ1n) is 7.64. The SMILES string of the molecule is c1ccc(CC2N=C(N3CCOCC3)Nc3nccn32)cc1. The van der Waals surface area contributed by atoms with E-state index >= 15 is 0 Å². The molecule has 2 aliphatic heterocycles. The van der Waals surface area contributed by atoms with Crippen molar-refractivity contribution in [1.82, 2.24) is 14.5 Å². The normalized spacial score (nSPS) is 21.0. The summed E-state index contributed by atoms with van der Waals surface area (Å²) in [6.45, 7) is 3.23. The first-order chi connectivity index (χ1) is 10.9. The van der Waals surface area contributed by atoms with Crippen molar-refractivity contribution in [2.24, 2.45) is 4.99 Å². The van der Waals surface area contributed by atoms with Gasteiger partial charge in [-0.1, -0.05) is 30.3 Å². The Hall–Kier alpha value is -2.34. The van der Waals surface area contributed by atoms with Crippen LogP contribution in [-0.2, 0) is 11.2 Å². The van der Waals surface area contributed by atoms with Crippen LogP contribution in [0.4, 0.5) is 5.95 Å². The van der Waals surface area contributed by atoms with Gasteiger partial charge in [0.25, 0.3) is 0 Å². The second-order valence-corrected chi connectivity index (χ2v) is 5.51. The van der Waals surface area contributed by atoms with Crippen LogP contribution < -0.4 is 5.32 Å². The van der Waals surface area contributed by atoms with Crippen LogP contribution in [0.2, 0.25) is 0 Å². The van der Waals surface area contributed by atoms with Gasteiger partial charge in [-0.3, -0.25) is 9.88 Å². The van der Waals surface area contributed by atoms with Gasteiger partial charge in [-0.15, -0.1) is 0 Å². The van der Waals surface area contributed by atoms with Gasteiger partial charge in [0, 0.05) is 31.9 Å². The van der Waals surface area contributed by atoms with E-state index in [1.54, 1.807) is 0 Å². The molecule has 1 fully saturated rings. The smallest absolute Gasteiger partial charge is 0.211 e. The van der Waals surface area contributed by atoms with Gasteiger partial charge in [-0.25, -0.2) is 9.98 Å². The monoisotopic (exact) mass is 297 g/mol. The van der Waals surface area contributed by atoms with Crippen molar-refractivity contribution >= 4 is 11.9 Å². The number of hydrogen-bond acceptors (Lipinski definition) is 5. The van der Waals surface area contributed by atoms with Crippen LogP contribution in [0.3, 0.4) is 0 Å². The predicted octanol–water partition coefficient (Wildman–Crippen LogP) is 1.74.